The van der Waals surface area contributed by atoms with Gasteiger partial charge in [0.25, 0.3) is 0 Å². The van der Waals surface area contributed by atoms with E-state index in [4.69, 9.17) is 12.2 Å². The normalized spacial score (nSPS) is 9.62. The first-order valence-corrected chi connectivity index (χ1v) is 4.87. The zero-order valence-corrected chi connectivity index (χ0v) is 8.68. The highest BCUT2D eigenvalue weighted by atomic mass is 32.1. The van der Waals surface area contributed by atoms with Gasteiger partial charge in [0.1, 0.15) is 0 Å². The van der Waals surface area contributed by atoms with E-state index in [1.54, 1.807) is 6.20 Å². The maximum Gasteiger partial charge on any atom is 0.157 e. The summed E-state index contributed by atoms with van der Waals surface area (Å²) in [5, 5.41) is 10.6. The molecule has 6 heteroatoms. The lowest BCUT2D eigenvalue weighted by Gasteiger charge is -2.03. The predicted molar refractivity (Wildman–Crippen MR) is 58.0 cm³/mol. The average molecular weight is 214 g/mol. The minimum atomic E-state index is 0.539. The Kier molecular flexibility index (Phi) is 4.63. The molecule has 0 atom stereocenters. The summed E-state index contributed by atoms with van der Waals surface area (Å²) in [7, 11) is 0. The van der Waals surface area contributed by atoms with Crippen molar-refractivity contribution in [2.75, 3.05) is 12.3 Å². The Morgan fingerprint density at radius 3 is 3.00 bits per heavy atom. The van der Waals surface area contributed by atoms with Crippen LogP contribution >= 0.6 is 24.8 Å². The van der Waals surface area contributed by atoms with Gasteiger partial charge in [-0.25, -0.2) is 4.98 Å². The number of nitrogens with one attached hydrogen (secondary N) is 1. The van der Waals surface area contributed by atoms with E-state index in [-0.39, 0.29) is 0 Å². The molecule has 4 nitrogen and oxygen atoms in total. The lowest BCUT2D eigenvalue weighted by Crippen LogP contribution is -2.25. The van der Waals surface area contributed by atoms with Crippen molar-refractivity contribution in [3.63, 3.8) is 0 Å². The van der Waals surface area contributed by atoms with Crippen molar-refractivity contribution in [3.05, 3.63) is 18.2 Å². The van der Waals surface area contributed by atoms with Crippen LogP contribution in [0.15, 0.2) is 12.4 Å². The molecule has 70 valence electrons. The third kappa shape index (κ3) is 4.14. The molecule has 0 bridgehead atoms. The molecule has 1 N–H and O–H groups in total. The summed E-state index contributed by atoms with van der Waals surface area (Å²) in [5.74, 6) is 1.40. The number of thiol groups is 1. The second-order valence-electron chi connectivity index (χ2n) is 2.31. The molecule has 0 unspecified atom stereocenters. The third-order valence-corrected chi connectivity index (χ3v) is 1.79. The summed E-state index contributed by atoms with van der Waals surface area (Å²) in [4.78, 5) is 4.73. The van der Waals surface area contributed by atoms with Gasteiger partial charge in [0, 0.05) is 18.5 Å². The van der Waals surface area contributed by atoms with Crippen LogP contribution in [0, 0.1) is 0 Å². The second kappa shape index (κ2) is 5.82. The number of hydrogen-bond donors (Lipinski definition) is 2. The molecule has 1 aromatic rings. The predicted octanol–water partition coefficient (Wildman–Crippen LogP) is 0.261. The van der Waals surface area contributed by atoms with Crippen LogP contribution in [0.5, 0.6) is 0 Å². The van der Waals surface area contributed by atoms with Gasteiger partial charge in [-0.05, 0) is 0 Å². The molecule has 0 saturated carbocycles. The van der Waals surface area contributed by atoms with Crippen LogP contribution in [-0.4, -0.2) is 32.5 Å². The third-order valence-electron chi connectivity index (χ3n) is 1.28. The summed E-state index contributed by atoms with van der Waals surface area (Å²) in [6.07, 6.45) is 3.67. The van der Waals surface area contributed by atoms with Crippen molar-refractivity contribution in [2.24, 2.45) is 0 Å². The van der Waals surface area contributed by atoms with Gasteiger partial charge in [-0.2, -0.15) is 17.7 Å². The van der Waals surface area contributed by atoms with Gasteiger partial charge < -0.3 is 5.32 Å². The maximum atomic E-state index is 5.05. The van der Waals surface area contributed by atoms with E-state index in [0.717, 1.165) is 17.3 Å². The molecule has 0 aliphatic carbocycles. The number of rotatable bonds is 4. The minimum Gasteiger partial charge on any atom is -0.378 e. The van der Waals surface area contributed by atoms with E-state index in [9.17, 15) is 0 Å². The molecule has 0 aromatic carbocycles. The number of aromatic nitrogens is 3. The van der Waals surface area contributed by atoms with Gasteiger partial charge in [-0.1, -0.05) is 12.2 Å². The molecule has 1 aromatic heterocycles. The van der Waals surface area contributed by atoms with Crippen LogP contribution in [0.2, 0.25) is 0 Å². The molecule has 0 saturated heterocycles. The van der Waals surface area contributed by atoms with Crippen LogP contribution in [0.3, 0.4) is 0 Å². The minimum absolute atomic E-state index is 0.539. The standard InChI is InChI=1S/C7H10N4S2/c12-4-3-9-7(13)5-6-8-1-2-10-11-6/h1-2,12H,3-5H2,(H,9,13). The van der Waals surface area contributed by atoms with E-state index in [1.807, 2.05) is 0 Å². The molecule has 0 aliphatic heterocycles. The number of nitrogens with zero attached hydrogens (tertiary/aromatic N) is 3. The Hall–Kier alpha value is -0.750. The van der Waals surface area contributed by atoms with Crippen LogP contribution in [0.4, 0.5) is 0 Å². The Morgan fingerprint density at radius 2 is 2.38 bits per heavy atom. The molecular formula is C7H10N4S2. The van der Waals surface area contributed by atoms with E-state index in [2.05, 4.69) is 33.1 Å². The fourth-order valence-corrected chi connectivity index (χ4v) is 1.10. The Balaban J connectivity index is 2.37. The molecule has 0 radical (unpaired) electrons. The topological polar surface area (TPSA) is 50.7 Å². The second-order valence-corrected chi connectivity index (χ2v) is 3.25. The van der Waals surface area contributed by atoms with E-state index >= 15 is 0 Å². The van der Waals surface area contributed by atoms with Crippen LogP contribution in [-0.2, 0) is 6.42 Å². The fraction of sp³-hybridized carbons (Fsp3) is 0.429. The number of hydrogen-bond acceptors (Lipinski definition) is 5. The van der Waals surface area contributed by atoms with Crippen molar-refractivity contribution in [3.8, 4) is 0 Å². The van der Waals surface area contributed by atoms with Gasteiger partial charge in [0.2, 0.25) is 0 Å². The number of thiocarbonyl (C=S) groups is 1. The summed E-state index contributed by atoms with van der Waals surface area (Å²) in [6, 6.07) is 0. The summed E-state index contributed by atoms with van der Waals surface area (Å²) in [5.41, 5.74) is 0. The van der Waals surface area contributed by atoms with Gasteiger partial charge in [0.05, 0.1) is 17.6 Å². The summed E-state index contributed by atoms with van der Waals surface area (Å²) in [6.45, 7) is 0.766. The van der Waals surface area contributed by atoms with Gasteiger partial charge >= 0.3 is 0 Å². The highest BCUT2D eigenvalue weighted by molar-refractivity contribution is 7.80. The van der Waals surface area contributed by atoms with Crippen molar-refractivity contribution in [1.29, 1.82) is 0 Å². The van der Waals surface area contributed by atoms with Gasteiger partial charge in [-0.3, -0.25) is 0 Å². The van der Waals surface area contributed by atoms with Crippen LogP contribution in [0.25, 0.3) is 0 Å². The summed E-state index contributed by atoms with van der Waals surface area (Å²) < 4.78 is 0. The SMILES string of the molecule is S=C(Cc1nccnn1)NCCS. The zero-order valence-electron chi connectivity index (χ0n) is 6.97. The van der Waals surface area contributed by atoms with Gasteiger partial charge in [0.15, 0.2) is 5.82 Å². The monoisotopic (exact) mass is 214 g/mol. The Morgan fingerprint density at radius 1 is 1.54 bits per heavy atom. The quantitative estimate of drug-likeness (QED) is 0.556. The first kappa shape index (κ1) is 10.3. The first-order valence-electron chi connectivity index (χ1n) is 3.83. The molecular weight excluding hydrogens is 204 g/mol. The van der Waals surface area contributed by atoms with E-state index in [0.29, 0.717) is 12.2 Å². The largest absolute Gasteiger partial charge is 0.378 e. The molecule has 0 fully saturated rings. The van der Waals surface area contributed by atoms with E-state index in [1.165, 1.54) is 6.20 Å². The van der Waals surface area contributed by atoms with Crippen LogP contribution in [0.1, 0.15) is 5.82 Å². The zero-order chi connectivity index (χ0) is 9.52. The molecule has 0 aliphatic rings. The Bertz CT molecular complexity index is 264. The van der Waals surface area contributed by atoms with Crippen LogP contribution < -0.4 is 5.32 Å². The van der Waals surface area contributed by atoms with Crippen molar-refractivity contribution in [1.82, 2.24) is 20.5 Å². The summed E-state index contributed by atoms with van der Waals surface area (Å²) >= 11 is 9.10. The first-order chi connectivity index (χ1) is 6.33. The average Bonchev–Trinajstić information content (AvgIpc) is 2.16. The Labute approximate surface area is 87.6 Å². The van der Waals surface area contributed by atoms with Crippen molar-refractivity contribution in [2.45, 2.75) is 6.42 Å². The van der Waals surface area contributed by atoms with Crippen molar-refractivity contribution < 1.29 is 0 Å². The lowest BCUT2D eigenvalue weighted by molar-refractivity contribution is 0.869. The highest BCUT2D eigenvalue weighted by Gasteiger charge is 2.00. The smallest absolute Gasteiger partial charge is 0.157 e. The maximum absolute atomic E-state index is 5.05. The molecule has 0 amide bonds. The molecule has 13 heavy (non-hydrogen) atoms. The van der Waals surface area contributed by atoms with Gasteiger partial charge in [-0.15, -0.1) is 5.10 Å². The molecule has 1 rings (SSSR count). The molecule has 0 spiro atoms. The van der Waals surface area contributed by atoms with Crippen molar-refractivity contribution >= 4 is 29.8 Å². The molecule has 1 heterocycles. The fourth-order valence-electron chi connectivity index (χ4n) is 0.757. The highest BCUT2D eigenvalue weighted by Crippen LogP contribution is 1.88. The lowest BCUT2D eigenvalue weighted by atomic mass is 10.4. The van der Waals surface area contributed by atoms with E-state index < -0.39 is 0 Å².